The number of carbonyl (C=O) groups is 2. The van der Waals surface area contributed by atoms with Crippen LogP contribution in [0.1, 0.15) is 31.7 Å². The Balaban J connectivity index is 2.11. The van der Waals surface area contributed by atoms with E-state index >= 15 is 0 Å². The summed E-state index contributed by atoms with van der Waals surface area (Å²) in [5, 5.41) is 14.4. The lowest BCUT2D eigenvalue weighted by molar-refractivity contribution is -0.308. The van der Waals surface area contributed by atoms with Crippen molar-refractivity contribution in [3.05, 3.63) is 47.2 Å². The number of nitrogens with one attached hydrogen (secondary N) is 1. The molecule has 1 aromatic rings. The second kappa shape index (κ2) is 7.64. The first-order valence-electron chi connectivity index (χ1n) is 7.52. The smallest absolute Gasteiger partial charge is 0.335 e. The maximum Gasteiger partial charge on any atom is 0.335 e. The third kappa shape index (κ3) is 4.10. The summed E-state index contributed by atoms with van der Waals surface area (Å²) in [5.41, 5.74) is 2.13. The molecule has 22 heavy (non-hydrogen) atoms. The standard InChI is InChI=1S/C17H21NO4/c1-2-22-17(21)13-9-6-10-14(13)18-15(16(19)20)11-12-7-4-3-5-8-12/h3-5,7-8,15,18H,2,6,9-11H2,1H3,(H,19,20)/p-1. The Bertz CT molecular complexity index is 565. The van der Waals surface area contributed by atoms with Crippen LogP contribution < -0.4 is 10.4 Å². The molecular weight excluding hydrogens is 282 g/mol. The van der Waals surface area contributed by atoms with Crippen LogP contribution >= 0.6 is 0 Å². The molecular formula is C17H20NO4-. The molecule has 0 heterocycles. The molecule has 0 amide bonds. The maximum atomic E-state index is 11.9. The van der Waals surface area contributed by atoms with Gasteiger partial charge in [0, 0.05) is 5.70 Å². The van der Waals surface area contributed by atoms with E-state index in [1.807, 2.05) is 30.3 Å². The van der Waals surface area contributed by atoms with E-state index in [2.05, 4.69) is 5.32 Å². The van der Waals surface area contributed by atoms with Crippen molar-refractivity contribution in [3.8, 4) is 0 Å². The molecule has 0 aromatic heterocycles. The van der Waals surface area contributed by atoms with Gasteiger partial charge in [-0.25, -0.2) is 4.79 Å². The monoisotopic (exact) mass is 302 g/mol. The van der Waals surface area contributed by atoms with Gasteiger partial charge in [0.25, 0.3) is 0 Å². The Hall–Kier alpha value is -2.30. The van der Waals surface area contributed by atoms with Gasteiger partial charge in [0.1, 0.15) is 0 Å². The first kappa shape index (κ1) is 16.1. The first-order chi connectivity index (χ1) is 10.6. The van der Waals surface area contributed by atoms with E-state index in [1.165, 1.54) is 0 Å². The van der Waals surface area contributed by atoms with Crippen molar-refractivity contribution >= 4 is 11.9 Å². The van der Waals surface area contributed by atoms with Gasteiger partial charge < -0.3 is 20.0 Å². The molecule has 1 aliphatic carbocycles. The third-order valence-electron chi connectivity index (χ3n) is 3.66. The zero-order valence-electron chi connectivity index (χ0n) is 12.6. The number of carboxylic acid groups (broad SMARTS) is 1. The van der Waals surface area contributed by atoms with Gasteiger partial charge in [0.05, 0.1) is 24.2 Å². The Labute approximate surface area is 130 Å². The van der Waals surface area contributed by atoms with Crippen LogP contribution in [0.2, 0.25) is 0 Å². The number of benzene rings is 1. The van der Waals surface area contributed by atoms with Crippen molar-refractivity contribution < 1.29 is 19.4 Å². The highest BCUT2D eigenvalue weighted by Gasteiger charge is 2.24. The van der Waals surface area contributed by atoms with E-state index in [9.17, 15) is 14.7 Å². The highest BCUT2D eigenvalue weighted by molar-refractivity contribution is 5.90. The van der Waals surface area contributed by atoms with Gasteiger partial charge in [0.2, 0.25) is 0 Å². The van der Waals surface area contributed by atoms with Crippen molar-refractivity contribution in [1.82, 2.24) is 5.32 Å². The van der Waals surface area contributed by atoms with Crippen LogP contribution in [0.3, 0.4) is 0 Å². The van der Waals surface area contributed by atoms with E-state index in [0.717, 1.165) is 12.0 Å². The molecule has 0 radical (unpaired) electrons. The topological polar surface area (TPSA) is 78.5 Å². The van der Waals surface area contributed by atoms with Crippen molar-refractivity contribution in [1.29, 1.82) is 0 Å². The number of carbonyl (C=O) groups excluding carboxylic acids is 2. The number of esters is 1. The fourth-order valence-corrected chi connectivity index (χ4v) is 2.60. The number of ether oxygens (including phenoxy) is 1. The largest absolute Gasteiger partial charge is 0.548 e. The molecule has 1 unspecified atom stereocenters. The number of carboxylic acids is 1. The minimum absolute atomic E-state index is 0.308. The molecule has 1 N–H and O–H groups in total. The van der Waals surface area contributed by atoms with Crippen LogP contribution in [-0.2, 0) is 20.7 Å². The van der Waals surface area contributed by atoms with Crippen LogP contribution in [0.4, 0.5) is 0 Å². The van der Waals surface area contributed by atoms with Crippen LogP contribution in [0.15, 0.2) is 41.6 Å². The van der Waals surface area contributed by atoms with Gasteiger partial charge >= 0.3 is 5.97 Å². The summed E-state index contributed by atoms with van der Waals surface area (Å²) >= 11 is 0. The molecule has 0 spiro atoms. The fraction of sp³-hybridized carbons (Fsp3) is 0.412. The van der Waals surface area contributed by atoms with Gasteiger partial charge in [-0.15, -0.1) is 0 Å². The van der Waals surface area contributed by atoms with Gasteiger partial charge in [-0.2, -0.15) is 0 Å². The zero-order chi connectivity index (χ0) is 15.9. The number of aliphatic carboxylic acids is 1. The SMILES string of the molecule is CCOC(=O)C1=C(NC(Cc2ccccc2)C(=O)[O-])CCC1. The molecule has 1 atom stereocenters. The Morgan fingerprint density at radius 2 is 2.00 bits per heavy atom. The van der Waals surface area contributed by atoms with Crippen LogP contribution in [0.5, 0.6) is 0 Å². The summed E-state index contributed by atoms with van der Waals surface area (Å²) in [5.74, 6) is -1.54. The molecule has 1 aliphatic rings. The Morgan fingerprint density at radius 1 is 1.27 bits per heavy atom. The van der Waals surface area contributed by atoms with E-state index in [-0.39, 0.29) is 5.97 Å². The quantitative estimate of drug-likeness (QED) is 0.758. The number of hydrogen-bond acceptors (Lipinski definition) is 5. The van der Waals surface area contributed by atoms with Crippen LogP contribution in [-0.4, -0.2) is 24.6 Å². The molecule has 118 valence electrons. The fourth-order valence-electron chi connectivity index (χ4n) is 2.60. The number of allylic oxidation sites excluding steroid dienone is 1. The minimum atomic E-state index is -1.17. The molecule has 0 aliphatic heterocycles. The Kier molecular flexibility index (Phi) is 5.58. The van der Waals surface area contributed by atoms with Crippen LogP contribution in [0.25, 0.3) is 0 Å². The van der Waals surface area contributed by atoms with Crippen molar-refractivity contribution in [3.63, 3.8) is 0 Å². The van der Waals surface area contributed by atoms with Gasteiger partial charge in [0.15, 0.2) is 0 Å². The molecule has 1 aromatic carbocycles. The van der Waals surface area contributed by atoms with Gasteiger partial charge in [-0.05, 0) is 38.2 Å². The number of hydrogen-bond donors (Lipinski definition) is 1. The van der Waals surface area contributed by atoms with E-state index < -0.39 is 12.0 Å². The minimum Gasteiger partial charge on any atom is -0.548 e. The molecule has 0 saturated carbocycles. The normalized spacial score (nSPS) is 15.5. The van der Waals surface area contributed by atoms with E-state index in [0.29, 0.717) is 37.1 Å². The summed E-state index contributed by atoms with van der Waals surface area (Å²) in [6.07, 6.45) is 2.41. The van der Waals surface area contributed by atoms with E-state index in [1.54, 1.807) is 6.92 Å². The molecule has 0 saturated heterocycles. The van der Waals surface area contributed by atoms with E-state index in [4.69, 9.17) is 4.74 Å². The highest BCUT2D eigenvalue weighted by atomic mass is 16.5. The molecule has 5 heteroatoms. The lowest BCUT2D eigenvalue weighted by Gasteiger charge is -2.22. The summed E-state index contributed by atoms with van der Waals surface area (Å²) in [6.45, 7) is 2.06. The van der Waals surface area contributed by atoms with Gasteiger partial charge in [-0.3, -0.25) is 0 Å². The zero-order valence-corrected chi connectivity index (χ0v) is 12.6. The Morgan fingerprint density at radius 3 is 2.64 bits per heavy atom. The van der Waals surface area contributed by atoms with Gasteiger partial charge in [-0.1, -0.05) is 30.3 Å². The van der Waals surface area contributed by atoms with Crippen molar-refractivity contribution in [2.45, 2.75) is 38.6 Å². The predicted molar refractivity (Wildman–Crippen MR) is 79.6 cm³/mol. The summed E-state index contributed by atoms with van der Waals surface area (Å²) in [7, 11) is 0. The molecule has 2 rings (SSSR count). The highest BCUT2D eigenvalue weighted by Crippen LogP contribution is 2.25. The molecule has 0 fully saturated rings. The van der Waals surface area contributed by atoms with Crippen molar-refractivity contribution in [2.24, 2.45) is 0 Å². The molecule has 0 bridgehead atoms. The summed E-state index contributed by atoms with van der Waals surface area (Å²) < 4.78 is 5.02. The number of rotatable bonds is 7. The summed E-state index contributed by atoms with van der Waals surface area (Å²) in [6, 6.07) is 8.48. The average molecular weight is 302 g/mol. The second-order valence-corrected chi connectivity index (χ2v) is 5.24. The first-order valence-corrected chi connectivity index (χ1v) is 7.52. The lowest BCUT2D eigenvalue weighted by Crippen LogP contribution is -2.46. The third-order valence-corrected chi connectivity index (χ3v) is 3.66. The molecule has 5 nitrogen and oxygen atoms in total. The summed E-state index contributed by atoms with van der Waals surface area (Å²) in [4.78, 5) is 23.3. The average Bonchev–Trinajstić information content (AvgIpc) is 2.96. The predicted octanol–water partition coefficient (Wildman–Crippen LogP) is 0.938. The maximum absolute atomic E-state index is 11.9. The lowest BCUT2D eigenvalue weighted by atomic mass is 10.1. The van der Waals surface area contributed by atoms with Crippen molar-refractivity contribution in [2.75, 3.05) is 6.61 Å². The second-order valence-electron chi connectivity index (χ2n) is 5.24. The van der Waals surface area contributed by atoms with Crippen LogP contribution in [0, 0.1) is 0 Å².